The monoisotopic (exact) mass is 325 g/mol. The van der Waals surface area contributed by atoms with Gasteiger partial charge in [-0.2, -0.15) is 0 Å². The Labute approximate surface area is 143 Å². The van der Waals surface area contributed by atoms with Crippen LogP contribution in [0, 0.1) is 37.0 Å². The van der Waals surface area contributed by atoms with Crippen molar-refractivity contribution in [2.24, 2.45) is 23.2 Å². The number of hydrogen-bond donors (Lipinski definition) is 2. The SMILES string of the molecule is Cc1cc2cc(C(=O)N[C@H]3C[C@H]4C[C@@H]([C@@H]3C)C4(C)C)[nH]c2c(C)n1. The van der Waals surface area contributed by atoms with Crippen molar-refractivity contribution < 1.29 is 4.79 Å². The van der Waals surface area contributed by atoms with Crippen LogP contribution in [0.3, 0.4) is 0 Å². The van der Waals surface area contributed by atoms with Gasteiger partial charge in [0.15, 0.2) is 0 Å². The molecule has 1 amide bonds. The van der Waals surface area contributed by atoms with Crippen molar-refractivity contribution >= 4 is 16.8 Å². The lowest BCUT2D eigenvalue weighted by Gasteiger charge is -2.62. The maximum atomic E-state index is 12.7. The summed E-state index contributed by atoms with van der Waals surface area (Å²) in [6.45, 7) is 11.0. The minimum atomic E-state index is 0.0132. The molecule has 3 saturated carbocycles. The molecule has 2 heterocycles. The van der Waals surface area contributed by atoms with Gasteiger partial charge in [0.05, 0.1) is 11.2 Å². The Morgan fingerprint density at radius 3 is 2.71 bits per heavy atom. The number of pyridine rings is 1. The van der Waals surface area contributed by atoms with Gasteiger partial charge in [0.2, 0.25) is 0 Å². The molecule has 0 aromatic carbocycles. The van der Waals surface area contributed by atoms with Crippen molar-refractivity contribution in [1.29, 1.82) is 0 Å². The van der Waals surface area contributed by atoms with Crippen molar-refractivity contribution in [1.82, 2.24) is 15.3 Å². The standard InChI is InChI=1S/C20H27N3O/c1-10-6-13-7-17(22-18(13)12(3)21-10)19(24)23-16-9-14-8-15(11(16)2)20(14,4)5/h6-7,11,14-16,22H,8-9H2,1-5H3,(H,23,24)/t11-,14+,15-,16-/m0/s1. The molecule has 0 saturated heterocycles. The van der Waals surface area contributed by atoms with Crippen molar-refractivity contribution in [3.63, 3.8) is 0 Å². The van der Waals surface area contributed by atoms with E-state index >= 15 is 0 Å². The highest BCUT2D eigenvalue weighted by Gasteiger charge is 2.56. The minimum Gasteiger partial charge on any atom is -0.349 e. The Bertz CT molecular complexity index is 820. The molecule has 4 nitrogen and oxygen atoms in total. The Morgan fingerprint density at radius 1 is 1.29 bits per heavy atom. The molecule has 3 fully saturated rings. The molecular formula is C20H27N3O. The summed E-state index contributed by atoms with van der Waals surface area (Å²) >= 11 is 0. The number of aryl methyl sites for hydroxylation is 2. The van der Waals surface area contributed by atoms with Gasteiger partial charge in [-0.25, -0.2) is 0 Å². The van der Waals surface area contributed by atoms with Crippen LogP contribution in [0.15, 0.2) is 12.1 Å². The van der Waals surface area contributed by atoms with Crippen molar-refractivity contribution in [2.75, 3.05) is 0 Å². The third-order valence-electron chi connectivity index (χ3n) is 6.83. The van der Waals surface area contributed by atoms with E-state index in [-0.39, 0.29) is 5.91 Å². The van der Waals surface area contributed by atoms with E-state index in [1.165, 1.54) is 6.42 Å². The van der Waals surface area contributed by atoms with Crippen molar-refractivity contribution in [3.8, 4) is 0 Å². The fraction of sp³-hybridized carbons (Fsp3) is 0.600. The van der Waals surface area contributed by atoms with Gasteiger partial charge < -0.3 is 10.3 Å². The van der Waals surface area contributed by atoms with E-state index in [0.29, 0.717) is 23.1 Å². The molecule has 4 heteroatoms. The molecular weight excluding hydrogens is 298 g/mol. The lowest BCUT2D eigenvalue weighted by atomic mass is 9.45. The maximum absolute atomic E-state index is 12.7. The summed E-state index contributed by atoms with van der Waals surface area (Å²) in [5.41, 5.74) is 3.98. The first-order valence-corrected chi connectivity index (χ1v) is 9.05. The van der Waals surface area contributed by atoms with Crippen LogP contribution in [0.2, 0.25) is 0 Å². The second-order valence-electron chi connectivity index (χ2n) is 8.53. The molecule has 0 unspecified atom stereocenters. The van der Waals surface area contributed by atoms with Crippen LogP contribution >= 0.6 is 0 Å². The van der Waals surface area contributed by atoms with Crippen LogP contribution in [0.1, 0.15) is 55.5 Å². The number of fused-ring (bicyclic) bond motifs is 3. The molecule has 2 bridgehead atoms. The number of aromatic amines is 1. The van der Waals surface area contributed by atoms with E-state index in [1.54, 1.807) is 0 Å². The second kappa shape index (κ2) is 5.08. The average Bonchev–Trinajstić information content (AvgIpc) is 2.93. The molecule has 2 aromatic rings. The molecule has 3 aliphatic carbocycles. The summed E-state index contributed by atoms with van der Waals surface area (Å²) in [5.74, 6) is 2.04. The molecule has 4 atom stereocenters. The van der Waals surface area contributed by atoms with Gasteiger partial charge in [0.1, 0.15) is 5.69 Å². The van der Waals surface area contributed by atoms with Crippen LogP contribution in [0.4, 0.5) is 0 Å². The average molecular weight is 325 g/mol. The van der Waals surface area contributed by atoms with E-state index in [2.05, 4.69) is 36.1 Å². The molecule has 24 heavy (non-hydrogen) atoms. The van der Waals surface area contributed by atoms with E-state index in [4.69, 9.17) is 0 Å². The number of hydrogen-bond acceptors (Lipinski definition) is 2. The lowest BCUT2D eigenvalue weighted by Crippen LogP contribution is -2.60. The molecule has 0 spiro atoms. The number of nitrogens with one attached hydrogen (secondary N) is 2. The first-order valence-electron chi connectivity index (χ1n) is 9.05. The Morgan fingerprint density at radius 2 is 2.04 bits per heavy atom. The lowest BCUT2D eigenvalue weighted by molar-refractivity contribution is -0.113. The molecule has 5 rings (SSSR count). The molecule has 128 valence electrons. The smallest absolute Gasteiger partial charge is 0.267 e. The number of H-pyrrole nitrogens is 1. The summed E-state index contributed by atoms with van der Waals surface area (Å²) < 4.78 is 0. The van der Waals surface area contributed by atoms with Gasteiger partial charge in [-0.3, -0.25) is 9.78 Å². The van der Waals surface area contributed by atoms with Crippen LogP contribution in [-0.2, 0) is 0 Å². The van der Waals surface area contributed by atoms with Crippen molar-refractivity contribution in [3.05, 3.63) is 29.2 Å². The predicted octanol–water partition coefficient (Wildman–Crippen LogP) is 3.98. The fourth-order valence-corrected chi connectivity index (χ4v) is 5.17. The first-order chi connectivity index (χ1) is 11.3. The van der Waals surface area contributed by atoms with Crippen LogP contribution in [0.25, 0.3) is 10.9 Å². The quantitative estimate of drug-likeness (QED) is 0.877. The summed E-state index contributed by atoms with van der Waals surface area (Å²) in [5, 5.41) is 4.35. The number of amides is 1. The zero-order valence-electron chi connectivity index (χ0n) is 15.2. The fourth-order valence-electron chi connectivity index (χ4n) is 5.17. The third-order valence-corrected chi connectivity index (χ3v) is 6.83. The molecule has 0 radical (unpaired) electrons. The van der Waals surface area contributed by atoms with Gasteiger partial charge >= 0.3 is 0 Å². The molecule has 2 aromatic heterocycles. The van der Waals surface area contributed by atoms with Crippen LogP contribution in [-0.4, -0.2) is 21.9 Å². The van der Waals surface area contributed by atoms with Gasteiger partial charge in [-0.05, 0) is 62.0 Å². The molecule has 0 aliphatic heterocycles. The topological polar surface area (TPSA) is 57.8 Å². The Hall–Kier alpha value is -1.84. The second-order valence-corrected chi connectivity index (χ2v) is 8.53. The predicted molar refractivity (Wildman–Crippen MR) is 96.0 cm³/mol. The number of rotatable bonds is 2. The highest BCUT2D eigenvalue weighted by Crippen LogP contribution is 2.61. The normalized spacial score (nSPS) is 30.9. The highest BCUT2D eigenvalue weighted by molar-refractivity contribution is 5.98. The van der Waals surface area contributed by atoms with E-state index < -0.39 is 0 Å². The summed E-state index contributed by atoms with van der Waals surface area (Å²) in [7, 11) is 0. The maximum Gasteiger partial charge on any atom is 0.267 e. The number of carbonyl (C=O) groups excluding carboxylic acids is 1. The Kier molecular flexibility index (Phi) is 3.32. The van der Waals surface area contributed by atoms with Gasteiger partial charge in [0.25, 0.3) is 5.91 Å². The van der Waals surface area contributed by atoms with Gasteiger partial charge in [0, 0.05) is 17.1 Å². The van der Waals surface area contributed by atoms with E-state index in [0.717, 1.165) is 40.5 Å². The first kappa shape index (κ1) is 15.7. The number of aromatic nitrogens is 2. The van der Waals surface area contributed by atoms with E-state index in [9.17, 15) is 4.79 Å². The van der Waals surface area contributed by atoms with Crippen LogP contribution < -0.4 is 5.32 Å². The molecule has 3 aliphatic rings. The number of carbonyl (C=O) groups is 1. The van der Waals surface area contributed by atoms with Crippen molar-refractivity contribution in [2.45, 2.75) is 53.5 Å². The van der Waals surface area contributed by atoms with E-state index in [1.807, 2.05) is 26.0 Å². The summed E-state index contributed by atoms with van der Waals surface area (Å²) in [6.07, 6.45) is 2.44. The summed E-state index contributed by atoms with van der Waals surface area (Å²) in [4.78, 5) is 20.5. The zero-order chi connectivity index (χ0) is 17.2. The van der Waals surface area contributed by atoms with Gasteiger partial charge in [-0.1, -0.05) is 20.8 Å². The highest BCUT2D eigenvalue weighted by atomic mass is 16.1. The van der Waals surface area contributed by atoms with Crippen LogP contribution in [0.5, 0.6) is 0 Å². The third kappa shape index (κ3) is 2.19. The minimum absolute atomic E-state index is 0.0132. The number of nitrogens with zero attached hydrogens (tertiary/aromatic N) is 1. The molecule has 2 N–H and O–H groups in total. The zero-order valence-corrected chi connectivity index (χ0v) is 15.2. The Balaban J connectivity index is 1.54. The summed E-state index contributed by atoms with van der Waals surface area (Å²) in [6, 6.07) is 4.27. The van der Waals surface area contributed by atoms with Gasteiger partial charge in [-0.15, -0.1) is 0 Å². The largest absolute Gasteiger partial charge is 0.349 e.